The van der Waals surface area contributed by atoms with E-state index in [2.05, 4.69) is 24.8 Å². The van der Waals surface area contributed by atoms with Gasteiger partial charge in [-0.3, -0.25) is 0 Å². The van der Waals surface area contributed by atoms with Crippen LogP contribution in [0.3, 0.4) is 0 Å². The van der Waals surface area contributed by atoms with Gasteiger partial charge in [-0.1, -0.05) is 0 Å². The van der Waals surface area contributed by atoms with Crippen LogP contribution in [0.2, 0.25) is 0 Å². The maximum Gasteiger partial charge on any atom is 0.432 e. The summed E-state index contributed by atoms with van der Waals surface area (Å²) in [4.78, 5) is 16.7. The van der Waals surface area contributed by atoms with Gasteiger partial charge in [0.1, 0.15) is 23.7 Å². The van der Waals surface area contributed by atoms with Crippen LogP contribution in [0.1, 0.15) is 36.0 Å². The van der Waals surface area contributed by atoms with Crippen molar-refractivity contribution in [2.75, 3.05) is 18.0 Å². The molecule has 0 aromatic carbocycles. The quantitative estimate of drug-likeness (QED) is 0.926. The van der Waals surface area contributed by atoms with E-state index in [1.807, 2.05) is 13.0 Å². The molecule has 118 valence electrons. The van der Waals surface area contributed by atoms with Gasteiger partial charge in [0.15, 0.2) is 0 Å². The fraction of sp³-hybridized carbons (Fsp3) is 0.500. The van der Waals surface area contributed by atoms with Crippen molar-refractivity contribution < 1.29 is 13.2 Å². The number of nitrogens with one attached hydrogen (secondary N) is 1. The number of halogens is 3. The fourth-order valence-electron chi connectivity index (χ4n) is 2.68. The number of aromatic nitrogens is 4. The van der Waals surface area contributed by atoms with E-state index >= 15 is 0 Å². The Hall–Kier alpha value is -2.12. The first-order chi connectivity index (χ1) is 10.4. The molecule has 2 aromatic rings. The third kappa shape index (κ3) is 3.05. The lowest BCUT2D eigenvalue weighted by molar-refractivity contribution is -0.141. The number of nitrogens with zero attached hydrogens (tertiary/aromatic N) is 4. The van der Waals surface area contributed by atoms with Gasteiger partial charge in [0.25, 0.3) is 0 Å². The summed E-state index contributed by atoms with van der Waals surface area (Å²) in [6.45, 7) is 3.38. The van der Waals surface area contributed by atoms with Gasteiger partial charge < -0.3 is 9.88 Å². The molecule has 1 fully saturated rings. The van der Waals surface area contributed by atoms with Gasteiger partial charge in [-0.05, 0) is 19.8 Å². The molecular formula is C14H16F3N5. The molecule has 0 spiro atoms. The summed E-state index contributed by atoms with van der Waals surface area (Å²) in [6, 6.07) is 1.91. The molecule has 0 bridgehead atoms. The van der Waals surface area contributed by atoms with Crippen molar-refractivity contribution in [2.24, 2.45) is 0 Å². The minimum absolute atomic E-state index is 0.0234. The maximum atomic E-state index is 12.6. The predicted molar refractivity (Wildman–Crippen MR) is 74.5 cm³/mol. The first kappa shape index (κ1) is 14.8. The number of imidazole rings is 1. The molecule has 5 nitrogen and oxygen atoms in total. The standard InChI is InChI=1S/C14H16F3N5/c1-9-6-12(20-8-19-9)22-4-2-10(3-5-22)13-18-7-11(21-13)14(15,16)17/h6-8,10H,2-5H2,1H3,(H,18,21). The van der Waals surface area contributed by atoms with Crippen LogP contribution in [0.25, 0.3) is 0 Å². The normalized spacial score (nSPS) is 17.0. The van der Waals surface area contributed by atoms with E-state index in [0.29, 0.717) is 5.82 Å². The summed E-state index contributed by atoms with van der Waals surface area (Å²) in [5, 5.41) is 0. The zero-order chi connectivity index (χ0) is 15.7. The van der Waals surface area contributed by atoms with Gasteiger partial charge in [-0.15, -0.1) is 0 Å². The smallest absolute Gasteiger partial charge is 0.356 e. The van der Waals surface area contributed by atoms with Crippen molar-refractivity contribution in [3.05, 3.63) is 35.8 Å². The number of aromatic amines is 1. The van der Waals surface area contributed by atoms with Crippen molar-refractivity contribution in [3.8, 4) is 0 Å². The van der Waals surface area contributed by atoms with Crippen LogP contribution in [0.4, 0.5) is 19.0 Å². The van der Waals surface area contributed by atoms with E-state index in [1.165, 1.54) is 6.33 Å². The summed E-state index contributed by atoms with van der Waals surface area (Å²) >= 11 is 0. The van der Waals surface area contributed by atoms with Crippen molar-refractivity contribution in [2.45, 2.75) is 31.9 Å². The molecule has 3 rings (SSSR count). The highest BCUT2D eigenvalue weighted by Gasteiger charge is 2.34. The van der Waals surface area contributed by atoms with Crippen molar-refractivity contribution >= 4 is 5.82 Å². The number of hydrogen-bond donors (Lipinski definition) is 1. The predicted octanol–water partition coefficient (Wildman–Crippen LogP) is 2.91. The van der Waals surface area contributed by atoms with Crippen LogP contribution >= 0.6 is 0 Å². The minimum Gasteiger partial charge on any atom is -0.356 e. The average Bonchev–Trinajstić information content (AvgIpc) is 2.97. The van der Waals surface area contributed by atoms with Crippen molar-refractivity contribution in [1.29, 1.82) is 0 Å². The number of aryl methyl sites for hydroxylation is 1. The summed E-state index contributed by atoms with van der Waals surface area (Å²) in [5.41, 5.74) is 0.115. The Kier molecular flexibility index (Phi) is 3.76. The molecular weight excluding hydrogens is 295 g/mol. The molecule has 0 radical (unpaired) electrons. The number of alkyl halides is 3. The molecule has 0 aliphatic carbocycles. The zero-order valence-corrected chi connectivity index (χ0v) is 12.1. The highest BCUT2D eigenvalue weighted by atomic mass is 19.4. The van der Waals surface area contributed by atoms with E-state index in [9.17, 15) is 13.2 Å². The SMILES string of the molecule is Cc1cc(N2CCC(c3ncc(C(F)(F)F)[nH]3)CC2)ncn1. The summed E-state index contributed by atoms with van der Waals surface area (Å²) in [6.07, 6.45) is -0.486. The first-order valence-electron chi connectivity index (χ1n) is 7.09. The molecule has 0 unspecified atom stereocenters. The molecule has 3 heterocycles. The Morgan fingerprint density at radius 1 is 1.18 bits per heavy atom. The van der Waals surface area contributed by atoms with E-state index in [0.717, 1.165) is 43.6 Å². The number of rotatable bonds is 2. The zero-order valence-electron chi connectivity index (χ0n) is 12.1. The second-order valence-corrected chi connectivity index (χ2v) is 5.46. The third-order valence-electron chi connectivity index (χ3n) is 3.90. The van der Waals surface area contributed by atoms with E-state index < -0.39 is 11.9 Å². The van der Waals surface area contributed by atoms with Gasteiger partial charge in [-0.2, -0.15) is 13.2 Å². The van der Waals surface area contributed by atoms with Gasteiger partial charge in [0.2, 0.25) is 0 Å². The molecule has 0 atom stereocenters. The van der Waals surface area contributed by atoms with Gasteiger partial charge in [0, 0.05) is 30.8 Å². The van der Waals surface area contributed by atoms with Gasteiger partial charge in [-0.25, -0.2) is 15.0 Å². The Bertz CT molecular complexity index is 644. The van der Waals surface area contributed by atoms with Crippen LogP contribution in [0.5, 0.6) is 0 Å². The molecule has 1 aliphatic rings. The minimum atomic E-state index is -4.37. The number of hydrogen-bond acceptors (Lipinski definition) is 4. The van der Waals surface area contributed by atoms with Gasteiger partial charge >= 0.3 is 6.18 Å². The highest BCUT2D eigenvalue weighted by molar-refractivity contribution is 5.39. The van der Waals surface area contributed by atoms with Crippen molar-refractivity contribution in [3.63, 3.8) is 0 Å². The highest BCUT2D eigenvalue weighted by Crippen LogP contribution is 2.32. The van der Waals surface area contributed by atoms with E-state index in [-0.39, 0.29) is 5.92 Å². The molecule has 2 aromatic heterocycles. The number of anilines is 1. The van der Waals surface area contributed by atoms with E-state index in [1.54, 1.807) is 0 Å². The lowest BCUT2D eigenvalue weighted by Crippen LogP contribution is -2.33. The molecule has 0 saturated carbocycles. The largest absolute Gasteiger partial charge is 0.432 e. The molecule has 1 N–H and O–H groups in total. The first-order valence-corrected chi connectivity index (χ1v) is 7.09. The monoisotopic (exact) mass is 311 g/mol. The maximum absolute atomic E-state index is 12.6. The van der Waals surface area contributed by atoms with Gasteiger partial charge in [0.05, 0.1) is 6.20 Å². The summed E-state index contributed by atoms with van der Waals surface area (Å²) in [7, 11) is 0. The number of H-pyrrole nitrogens is 1. The summed E-state index contributed by atoms with van der Waals surface area (Å²) in [5.74, 6) is 1.31. The van der Waals surface area contributed by atoms with Crippen LogP contribution < -0.4 is 4.90 Å². The Balaban J connectivity index is 1.65. The lowest BCUT2D eigenvalue weighted by Gasteiger charge is -2.32. The summed E-state index contributed by atoms with van der Waals surface area (Å²) < 4.78 is 37.8. The van der Waals surface area contributed by atoms with Crippen LogP contribution in [0.15, 0.2) is 18.6 Å². The van der Waals surface area contributed by atoms with Crippen LogP contribution in [-0.2, 0) is 6.18 Å². The molecule has 22 heavy (non-hydrogen) atoms. The van der Waals surface area contributed by atoms with Crippen LogP contribution in [0, 0.1) is 6.92 Å². The fourth-order valence-corrected chi connectivity index (χ4v) is 2.68. The Labute approximate surface area is 125 Å². The lowest BCUT2D eigenvalue weighted by atomic mass is 9.96. The third-order valence-corrected chi connectivity index (χ3v) is 3.90. The van der Waals surface area contributed by atoms with E-state index in [4.69, 9.17) is 0 Å². The van der Waals surface area contributed by atoms with Crippen LogP contribution in [-0.4, -0.2) is 33.0 Å². The second kappa shape index (κ2) is 5.58. The molecule has 8 heteroatoms. The molecule has 1 saturated heterocycles. The van der Waals surface area contributed by atoms with Crippen molar-refractivity contribution in [1.82, 2.24) is 19.9 Å². The molecule has 1 aliphatic heterocycles. The molecule has 0 amide bonds. The number of piperidine rings is 1. The average molecular weight is 311 g/mol. The Morgan fingerprint density at radius 3 is 2.50 bits per heavy atom. The second-order valence-electron chi connectivity index (χ2n) is 5.46. The topological polar surface area (TPSA) is 57.7 Å². The Morgan fingerprint density at radius 2 is 1.91 bits per heavy atom.